The van der Waals surface area contributed by atoms with Crippen molar-refractivity contribution < 1.29 is 9.90 Å². The van der Waals surface area contributed by atoms with Gasteiger partial charge >= 0.3 is 5.97 Å². The molecule has 0 aliphatic heterocycles. The second-order valence-corrected chi connectivity index (χ2v) is 3.63. The Morgan fingerprint density at radius 3 is 2.67 bits per heavy atom. The number of hydrogen-bond donors (Lipinski definition) is 1. The minimum absolute atomic E-state index is 0.178. The molecule has 1 radical (unpaired) electrons. The van der Waals surface area contributed by atoms with Gasteiger partial charge < -0.3 is 5.11 Å². The average Bonchev–Trinajstić information content (AvgIpc) is 2.28. The zero-order valence-electron chi connectivity index (χ0n) is 7.25. The van der Waals surface area contributed by atoms with Gasteiger partial charge in [-0.2, -0.15) is 0 Å². The zero-order chi connectivity index (χ0) is 8.97. The van der Waals surface area contributed by atoms with E-state index in [0.717, 1.165) is 32.1 Å². The van der Waals surface area contributed by atoms with E-state index >= 15 is 0 Å². The fourth-order valence-electron chi connectivity index (χ4n) is 1.87. The monoisotopic (exact) mass is 170 g/mol. The fraction of sp³-hybridized carbons (Fsp3) is 0.889. The van der Waals surface area contributed by atoms with Gasteiger partial charge in [0.25, 0.3) is 0 Å². The number of carboxylic acids is 1. The summed E-state index contributed by atoms with van der Waals surface area (Å²) < 4.78 is 0. The van der Waals surface area contributed by atoms with Gasteiger partial charge in [-0.1, -0.05) is 12.8 Å². The Balaban J connectivity index is 2.47. The van der Waals surface area contributed by atoms with E-state index in [1.54, 1.807) is 0 Å². The van der Waals surface area contributed by atoms with Crippen LogP contribution in [-0.2, 0) is 4.79 Å². The van der Waals surface area contributed by atoms with E-state index in [-0.39, 0.29) is 5.92 Å². The summed E-state index contributed by atoms with van der Waals surface area (Å²) in [6, 6.07) is 0. The number of carboxylic acid groups (broad SMARTS) is 1. The second-order valence-electron chi connectivity index (χ2n) is 3.63. The second kappa shape index (κ2) is 4.45. The minimum Gasteiger partial charge on any atom is -0.481 e. The van der Waals surface area contributed by atoms with Crippen LogP contribution < -0.4 is 5.73 Å². The topological polar surface area (TPSA) is 61.1 Å². The van der Waals surface area contributed by atoms with Gasteiger partial charge in [-0.3, -0.25) is 10.5 Å². The first-order valence-electron chi connectivity index (χ1n) is 4.61. The van der Waals surface area contributed by atoms with E-state index in [1.165, 1.54) is 0 Å². The Bertz CT molecular complexity index is 159. The number of carbonyl (C=O) groups is 1. The molecule has 2 unspecified atom stereocenters. The Labute approximate surface area is 72.9 Å². The molecular weight excluding hydrogens is 154 g/mol. The van der Waals surface area contributed by atoms with E-state index < -0.39 is 5.97 Å². The molecule has 0 aromatic rings. The van der Waals surface area contributed by atoms with E-state index in [2.05, 4.69) is 0 Å². The van der Waals surface area contributed by atoms with Crippen molar-refractivity contribution in [1.82, 2.24) is 5.73 Å². The number of rotatable bonds is 2. The number of nitrogens with one attached hydrogen (secondary N) is 1. The Hall–Kier alpha value is -0.570. The largest absolute Gasteiger partial charge is 0.481 e. The van der Waals surface area contributed by atoms with Crippen molar-refractivity contribution in [2.24, 2.45) is 11.8 Å². The van der Waals surface area contributed by atoms with Crippen LogP contribution in [0.1, 0.15) is 32.1 Å². The standard InChI is InChI=1S/C9H16NO2/c10-6-7-3-1-2-4-8(5-7)9(11)12/h7-8,10H,1-6H2,(H,11,12). The van der Waals surface area contributed by atoms with Gasteiger partial charge in [0, 0.05) is 6.54 Å². The van der Waals surface area contributed by atoms with Crippen molar-refractivity contribution in [3.8, 4) is 0 Å². The van der Waals surface area contributed by atoms with Crippen molar-refractivity contribution in [3.63, 3.8) is 0 Å². The lowest BCUT2D eigenvalue weighted by Gasteiger charge is -2.13. The van der Waals surface area contributed by atoms with Gasteiger partial charge in [-0.05, 0) is 25.2 Å². The van der Waals surface area contributed by atoms with Crippen molar-refractivity contribution in [3.05, 3.63) is 0 Å². The summed E-state index contributed by atoms with van der Waals surface area (Å²) in [5, 5.41) is 8.82. The molecule has 69 valence electrons. The van der Waals surface area contributed by atoms with Crippen molar-refractivity contribution >= 4 is 5.97 Å². The van der Waals surface area contributed by atoms with Crippen LogP contribution in [0.25, 0.3) is 0 Å². The Morgan fingerprint density at radius 1 is 1.42 bits per heavy atom. The van der Waals surface area contributed by atoms with Gasteiger partial charge in [-0.25, -0.2) is 0 Å². The molecule has 1 fully saturated rings. The van der Waals surface area contributed by atoms with Crippen LogP contribution in [0.4, 0.5) is 0 Å². The van der Waals surface area contributed by atoms with Gasteiger partial charge in [0.2, 0.25) is 0 Å². The molecular formula is C9H16NO2. The lowest BCUT2D eigenvalue weighted by atomic mass is 9.93. The zero-order valence-corrected chi connectivity index (χ0v) is 7.25. The van der Waals surface area contributed by atoms with Crippen LogP contribution in [0.3, 0.4) is 0 Å². The highest BCUT2D eigenvalue weighted by Gasteiger charge is 2.24. The van der Waals surface area contributed by atoms with Gasteiger partial charge in [0.05, 0.1) is 5.92 Å². The third-order valence-corrected chi connectivity index (χ3v) is 2.67. The van der Waals surface area contributed by atoms with Gasteiger partial charge in [-0.15, -0.1) is 0 Å². The van der Waals surface area contributed by atoms with Crippen molar-refractivity contribution in [2.75, 3.05) is 6.54 Å². The smallest absolute Gasteiger partial charge is 0.306 e. The van der Waals surface area contributed by atoms with Crippen LogP contribution in [0.5, 0.6) is 0 Å². The Kier molecular flexibility index (Phi) is 3.53. The predicted octanol–water partition coefficient (Wildman–Crippen LogP) is 1.55. The summed E-state index contributed by atoms with van der Waals surface area (Å²) in [4.78, 5) is 10.7. The summed E-state index contributed by atoms with van der Waals surface area (Å²) in [7, 11) is 0. The first-order chi connectivity index (χ1) is 5.74. The summed E-state index contributed by atoms with van der Waals surface area (Å²) in [5.41, 5.74) is 7.23. The molecule has 3 nitrogen and oxygen atoms in total. The molecule has 3 heteroatoms. The first-order valence-corrected chi connectivity index (χ1v) is 4.61. The summed E-state index contributed by atoms with van der Waals surface area (Å²) >= 11 is 0. The van der Waals surface area contributed by atoms with Crippen molar-refractivity contribution in [1.29, 1.82) is 0 Å². The highest BCUT2D eigenvalue weighted by molar-refractivity contribution is 5.69. The lowest BCUT2D eigenvalue weighted by molar-refractivity contribution is -0.142. The molecule has 1 aliphatic carbocycles. The lowest BCUT2D eigenvalue weighted by Crippen LogP contribution is -2.17. The first kappa shape index (κ1) is 9.52. The van der Waals surface area contributed by atoms with Crippen LogP contribution in [0.15, 0.2) is 0 Å². The van der Waals surface area contributed by atoms with E-state index in [0.29, 0.717) is 12.5 Å². The molecule has 0 amide bonds. The quantitative estimate of drug-likeness (QED) is 0.639. The molecule has 2 atom stereocenters. The molecule has 12 heavy (non-hydrogen) atoms. The summed E-state index contributed by atoms with van der Waals surface area (Å²) in [5.74, 6) is -0.521. The highest BCUT2D eigenvalue weighted by Crippen LogP contribution is 2.27. The third-order valence-electron chi connectivity index (χ3n) is 2.67. The third kappa shape index (κ3) is 2.48. The molecule has 0 aromatic heterocycles. The molecule has 2 N–H and O–H groups in total. The van der Waals surface area contributed by atoms with Crippen LogP contribution >= 0.6 is 0 Å². The molecule has 0 spiro atoms. The van der Waals surface area contributed by atoms with Crippen LogP contribution in [0, 0.1) is 11.8 Å². The van der Waals surface area contributed by atoms with Crippen LogP contribution in [0.2, 0.25) is 0 Å². The molecule has 0 heterocycles. The minimum atomic E-state index is -0.671. The van der Waals surface area contributed by atoms with Crippen LogP contribution in [-0.4, -0.2) is 17.6 Å². The summed E-state index contributed by atoms with van der Waals surface area (Å²) in [6.45, 7) is 0.393. The SMILES string of the molecule is [NH]CC1CCCCC(C(=O)O)C1. The highest BCUT2D eigenvalue weighted by atomic mass is 16.4. The maximum absolute atomic E-state index is 10.7. The number of hydrogen-bond acceptors (Lipinski definition) is 1. The van der Waals surface area contributed by atoms with E-state index in [4.69, 9.17) is 10.8 Å². The van der Waals surface area contributed by atoms with E-state index in [1.807, 2.05) is 0 Å². The maximum atomic E-state index is 10.7. The Morgan fingerprint density at radius 2 is 2.08 bits per heavy atom. The summed E-state index contributed by atoms with van der Waals surface area (Å²) in [6.07, 6.45) is 4.71. The van der Waals surface area contributed by atoms with Gasteiger partial charge in [0.1, 0.15) is 0 Å². The predicted molar refractivity (Wildman–Crippen MR) is 45.7 cm³/mol. The molecule has 0 saturated heterocycles. The van der Waals surface area contributed by atoms with Crippen molar-refractivity contribution in [2.45, 2.75) is 32.1 Å². The van der Waals surface area contributed by atoms with Gasteiger partial charge in [0.15, 0.2) is 0 Å². The normalized spacial score (nSPS) is 31.1. The molecule has 0 aromatic carbocycles. The molecule has 0 bridgehead atoms. The van der Waals surface area contributed by atoms with E-state index in [9.17, 15) is 4.79 Å². The fourth-order valence-corrected chi connectivity index (χ4v) is 1.87. The average molecular weight is 170 g/mol. The molecule has 1 aliphatic rings. The number of aliphatic carboxylic acids is 1. The molecule has 1 saturated carbocycles. The maximum Gasteiger partial charge on any atom is 0.306 e. The molecule has 1 rings (SSSR count).